The normalized spacial score (nSPS) is 18.9. The molecule has 0 atom stereocenters. The van der Waals surface area contributed by atoms with Crippen molar-refractivity contribution >= 4 is 0 Å². The van der Waals surface area contributed by atoms with Crippen LogP contribution < -0.4 is 5.32 Å². The molecule has 0 aromatic heterocycles. The Labute approximate surface area is 231 Å². The minimum absolute atomic E-state index is 0.595. The van der Waals surface area contributed by atoms with Gasteiger partial charge in [0.2, 0.25) is 0 Å². The highest BCUT2D eigenvalue weighted by molar-refractivity contribution is 5.23. The molecule has 3 nitrogen and oxygen atoms in total. The van der Waals surface area contributed by atoms with Crippen LogP contribution in [0.4, 0.5) is 0 Å². The van der Waals surface area contributed by atoms with Crippen molar-refractivity contribution in [1.82, 2.24) is 15.1 Å². The summed E-state index contributed by atoms with van der Waals surface area (Å²) in [6.45, 7) is 21.2. The molecule has 0 fully saturated rings. The van der Waals surface area contributed by atoms with E-state index in [0.29, 0.717) is 12.0 Å². The van der Waals surface area contributed by atoms with E-state index in [1.54, 1.807) is 11.1 Å². The maximum Gasteiger partial charge on any atom is 0.0354 e. The van der Waals surface area contributed by atoms with Gasteiger partial charge in [-0.3, -0.25) is 0 Å². The van der Waals surface area contributed by atoms with Crippen molar-refractivity contribution < 1.29 is 0 Å². The molecule has 3 heteroatoms. The highest BCUT2D eigenvalue weighted by Gasteiger charge is 2.06. The molecule has 3 heterocycles. The molecule has 4 rings (SSSR count). The van der Waals surface area contributed by atoms with Crippen molar-refractivity contribution in [2.24, 2.45) is 17.8 Å². The van der Waals surface area contributed by atoms with Crippen LogP contribution in [0.1, 0.15) is 93.9 Å². The summed E-state index contributed by atoms with van der Waals surface area (Å²) in [5.41, 5.74) is 4.73. The van der Waals surface area contributed by atoms with E-state index in [0.717, 1.165) is 31.3 Å². The number of hydrogen-bond acceptors (Lipinski definition) is 3. The van der Waals surface area contributed by atoms with Gasteiger partial charge in [-0.1, -0.05) is 89.1 Å². The van der Waals surface area contributed by atoms with Crippen molar-refractivity contribution in [1.29, 1.82) is 0 Å². The standard InChI is InChI=1S/C9H15N.C9H16.C8H15N.C8H13N/c1-8(2)9-5-4-6-10(3)7-9;1-8(2)9-6-4-3-5-7-9;1-7(2)8-3-5-9-6-4-8;1-8(2)9-6-4-3-5-7-9/h4-5,7-8H,6H2,1-3H3;6,8H,3-5,7H2,1-2H3;3,7,9H,4-6H2,1-2H3;4-8H,3H2,1-2H3. The Morgan fingerprint density at radius 1 is 0.757 bits per heavy atom. The quantitative estimate of drug-likeness (QED) is 0.382. The predicted octanol–water partition coefficient (Wildman–Crippen LogP) is 8.86. The first-order chi connectivity index (χ1) is 17.6. The van der Waals surface area contributed by atoms with Crippen LogP contribution in [0, 0.1) is 17.8 Å². The Morgan fingerprint density at radius 2 is 1.41 bits per heavy atom. The smallest absolute Gasteiger partial charge is 0.0354 e. The zero-order valence-electron chi connectivity index (χ0n) is 25.8. The number of nitrogens with zero attached hydrogens (tertiary/aromatic N) is 2. The summed E-state index contributed by atoms with van der Waals surface area (Å²) >= 11 is 0. The van der Waals surface area contributed by atoms with E-state index in [-0.39, 0.29) is 0 Å². The molecule has 0 saturated carbocycles. The Morgan fingerprint density at radius 3 is 1.76 bits per heavy atom. The second-order valence-electron chi connectivity index (χ2n) is 11.7. The maximum absolute atomic E-state index is 3.29. The summed E-state index contributed by atoms with van der Waals surface area (Å²) in [5.74, 6) is 2.20. The highest BCUT2D eigenvalue weighted by Crippen LogP contribution is 2.23. The van der Waals surface area contributed by atoms with Crippen molar-refractivity contribution in [2.75, 3.05) is 26.7 Å². The van der Waals surface area contributed by atoms with Crippen LogP contribution in [0.15, 0.2) is 71.8 Å². The summed E-state index contributed by atoms with van der Waals surface area (Å²) < 4.78 is 0. The van der Waals surface area contributed by atoms with Gasteiger partial charge in [-0.2, -0.15) is 0 Å². The van der Waals surface area contributed by atoms with Crippen LogP contribution in [0.25, 0.3) is 0 Å². The van der Waals surface area contributed by atoms with Gasteiger partial charge >= 0.3 is 0 Å². The Kier molecular flexibility index (Phi) is 17.1. The average molecular weight is 510 g/mol. The summed E-state index contributed by atoms with van der Waals surface area (Å²) in [7, 11) is 2.10. The minimum Gasteiger partial charge on any atom is -0.376 e. The third-order valence-corrected chi connectivity index (χ3v) is 7.07. The van der Waals surface area contributed by atoms with Gasteiger partial charge in [0, 0.05) is 44.8 Å². The SMILES string of the molecule is CC(C)C1=CCCCC1.CC(C)C1=CCNCC1.CC(C)C1=CN(C)CC=C1.CC(C)N1C=CCC=C1. The number of rotatable bonds is 4. The van der Waals surface area contributed by atoms with Crippen LogP contribution in [0.3, 0.4) is 0 Å². The molecule has 0 spiro atoms. The zero-order valence-corrected chi connectivity index (χ0v) is 25.8. The molecule has 1 aliphatic carbocycles. The van der Waals surface area contributed by atoms with E-state index in [9.17, 15) is 0 Å². The molecule has 0 radical (unpaired) electrons. The van der Waals surface area contributed by atoms with Crippen molar-refractivity contribution in [3.8, 4) is 0 Å². The molecule has 0 aromatic carbocycles. The summed E-state index contributed by atoms with van der Waals surface area (Å²) in [4.78, 5) is 4.40. The molecule has 210 valence electrons. The first-order valence-electron chi connectivity index (χ1n) is 14.9. The number of allylic oxidation sites excluding steroid dienone is 6. The predicted molar refractivity (Wildman–Crippen MR) is 166 cm³/mol. The fourth-order valence-electron chi connectivity index (χ4n) is 4.44. The van der Waals surface area contributed by atoms with Gasteiger partial charge in [-0.05, 0) is 82.2 Å². The summed E-state index contributed by atoms with van der Waals surface area (Å²) in [6, 6.07) is 0.595. The Balaban J connectivity index is 0.000000247. The molecule has 37 heavy (non-hydrogen) atoms. The monoisotopic (exact) mass is 509 g/mol. The van der Waals surface area contributed by atoms with Crippen LogP contribution >= 0.6 is 0 Å². The lowest BCUT2D eigenvalue weighted by molar-refractivity contribution is 0.411. The molecule has 0 aromatic rings. The molecule has 0 amide bonds. The van der Waals surface area contributed by atoms with Crippen molar-refractivity contribution in [3.05, 3.63) is 71.8 Å². The van der Waals surface area contributed by atoms with Crippen molar-refractivity contribution in [3.63, 3.8) is 0 Å². The molecule has 0 saturated heterocycles. The first-order valence-corrected chi connectivity index (χ1v) is 14.9. The summed E-state index contributed by atoms with van der Waals surface area (Å²) in [5, 5.41) is 3.29. The van der Waals surface area contributed by atoms with E-state index in [1.165, 1.54) is 44.2 Å². The van der Waals surface area contributed by atoms with Crippen LogP contribution in [0.2, 0.25) is 0 Å². The van der Waals surface area contributed by atoms with Gasteiger partial charge < -0.3 is 15.1 Å². The zero-order chi connectivity index (χ0) is 27.6. The second-order valence-corrected chi connectivity index (χ2v) is 11.7. The van der Waals surface area contributed by atoms with Crippen molar-refractivity contribution in [2.45, 2.75) is 100.0 Å². The first kappa shape index (κ1) is 33.0. The van der Waals surface area contributed by atoms with Crippen LogP contribution in [-0.2, 0) is 0 Å². The van der Waals surface area contributed by atoms with Crippen LogP contribution in [-0.4, -0.2) is 42.5 Å². The molecule has 4 aliphatic rings. The lowest BCUT2D eigenvalue weighted by Crippen LogP contribution is -2.21. The topological polar surface area (TPSA) is 18.5 Å². The van der Waals surface area contributed by atoms with Gasteiger partial charge in [0.15, 0.2) is 0 Å². The van der Waals surface area contributed by atoms with Gasteiger partial charge in [-0.25, -0.2) is 0 Å². The Hall–Kier alpha value is -2.00. The van der Waals surface area contributed by atoms with E-state index < -0.39 is 0 Å². The van der Waals surface area contributed by atoms with Gasteiger partial charge in [0.25, 0.3) is 0 Å². The molecular formula is C34H59N3. The third-order valence-electron chi connectivity index (χ3n) is 7.07. The van der Waals surface area contributed by atoms with E-state index in [4.69, 9.17) is 0 Å². The van der Waals surface area contributed by atoms with Gasteiger partial charge in [0.1, 0.15) is 0 Å². The lowest BCUT2D eigenvalue weighted by atomic mass is 9.92. The Bertz CT molecular complexity index is 748. The molecule has 3 aliphatic heterocycles. The molecule has 1 N–H and O–H groups in total. The molecule has 0 unspecified atom stereocenters. The third kappa shape index (κ3) is 15.1. The molecular weight excluding hydrogens is 450 g/mol. The maximum atomic E-state index is 3.29. The van der Waals surface area contributed by atoms with Gasteiger partial charge in [-0.15, -0.1) is 0 Å². The number of likely N-dealkylation sites (N-methyl/N-ethyl adjacent to an activating group) is 1. The van der Waals surface area contributed by atoms with E-state index in [2.05, 4.69) is 133 Å². The molecule has 0 bridgehead atoms. The summed E-state index contributed by atoms with van der Waals surface area (Å²) in [6.07, 6.45) is 27.8. The van der Waals surface area contributed by atoms with E-state index >= 15 is 0 Å². The number of nitrogens with one attached hydrogen (secondary N) is 1. The minimum atomic E-state index is 0.595. The van der Waals surface area contributed by atoms with Gasteiger partial charge in [0.05, 0.1) is 0 Å². The fraction of sp³-hybridized carbons (Fsp3) is 0.647. The van der Waals surface area contributed by atoms with E-state index in [1.807, 2.05) is 0 Å². The number of hydrogen-bond donors (Lipinski definition) is 1. The fourth-order valence-corrected chi connectivity index (χ4v) is 4.44. The van der Waals surface area contributed by atoms with Crippen LogP contribution in [0.5, 0.6) is 0 Å². The second kappa shape index (κ2) is 19.1. The largest absolute Gasteiger partial charge is 0.376 e. The lowest BCUT2D eigenvalue weighted by Gasteiger charge is -2.21. The highest BCUT2D eigenvalue weighted by atomic mass is 15.1. The average Bonchev–Trinajstić information content (AvgIpc) is 2.91.